The Kier molecular flexibility index (Phi) is 7.05. The maximum Gasteiger partial charge on any atom is 0.230 e. The largest absolute Gasteiger partial charge is 0.312 e. The smallest absolute Gasteiger partial charge is 0.230 e. The van der Waals surface area contributed by atoms with Crippen LogP contribution < -0.4 is 4.90 Å². The second-order valence-electron chi connectivity index (χ2n) is 9.31. The first-order valence-electron chi connectivity index (χ1n) is 11.0. The number of alkyl halides is 1. The molecule has 0 bridgehead atoms. The molecule has 0 radical (unpaired) electrons. The van der Waals surface area contributed by atoms with Crippen molar-refractivity contribution in [1.82, 2.24) is 0 Å². The fourth-order valence-corrected chi connectivity index (χ4v) is 5.21. The van der Waals surface area contributed by atoms with Crippen LogP contribution in [0.1, 0.15) is 83.3 Å². The van der Waals surface area contributed by atoms with Gasteiger partial charge >= 0.3 is 0 Å². The van der Waals surface area contributed by atoms with Gasteiger partial charge in [-0.25, -0.2) is 0 Å². The van der Waals surface area contributed by atoms with Crippen LogP contribution in [0.25, 0.3) is 0 Å². The van der Waals surface area contributed by atoms with Crippen LogP contribution in [0, 0.1) is 11.8 Å². The lowest BCUT2D eigenvalue weighted by atomic mass is 9.79. The van der Waals surface area contributed by atoms with Crippen LogP contribution in [0.3, 0.4) is 0 Å². The second-order valence-corrected chi connectivity index (χ2v) is 11.5. The average molecular weight is 434 g/mol. The van der Waals surface area contributed by atoms with Crippen LogP contribution in [0.5, 0.6) is 0 Å². The van der Waals surface area contributed by atoms with Crippen LogP contribution in [-0.2, 0) is 17.6 Å². The number of rotatable bonds is 6. The standard InChI is InChI=1S/C24H36BrNO/c1-4-5-7-18-9-12-20(13-10-18)23(27)26-15-6-8-21-16-19(11-14-22(21)26)17-24(2,3)25/h11,14,16,18,20H,4-10,12-13,15,17H2,1-3H3. The van der Waals surface area contributed by atoms with Crippen LogP contribution in [0.4, 0.5) is 5.69 Å². The first-order valence-corrected chi connectivity index (χ1v) is 11.8. The molecule has 0 spiro atoms. The molecule has 1 amide bonds. The van der Waals surface area contributed by atoms with Gasteiger partial charge in [0.2, 0.25) is 5.91 Å². The Bertz CT molecular complexity index is 640. The van der Waals surface area contributed by atoms with Gasteiger partial charge in [0, 0.05) is 22.5 Å². The van der Waals surface area contributed by atoms with Crippen molar-refractivity contribution >= 4 is 27.5 Å². The minimum Gasteiger partial charge on any atom is -0.312 e. The summed E-state index contributed by atoms with van der Waals surface area (Å²) in [5.74, 6) is 1.49. The van der Waals surface area contributed by atoms with Gasteiger partial charge in [-0.05, 0) is 81.9 Å². The number of hydrogen-bond acceptors (Lipinski definition) is 1. The zero-order valence-electron chi connectivity index (χ0n) is 17.4. The van der Waals surface area contributed by atoms with Gasteiger partial charge < -0.3 is 4.90 Å². The Morgan fingerprint density at radius 3 is 2.63 bits per heavy atom. The maximum absolute atomic E-state index is 13.3. The molecule has 0 saturated heterocycles. The summed E-state index contributed by atoms with van der Waals surface area (Å²) in [7, 11) is 0. The average Bonchev–Trinajstić information content (AvgIpc) is 2.64. The molecule has 150 valence electrons. The van der Waals surface area contributed by atoms with Gasteiger partial charge in [-0.2, -0.15) is 0 Å². The molecule has 3 heteroatoms. The molecule has 1 saturated carbocycles. The maximum atomic E-state index is 13.3. The minimum atomic E-state index is 0.113. The number of aryl methyl sites for hydroxylation is 1. The van der Waals surface area contributed by atoms with Gasteiger partial charge in [0.1, 0.15) is 0 Å². The van der Waals surface area contributed by atoms with Crippen molar-refractivity contribution < 1.29 is 4.79 Å². The van der Waals surface area contributed by atoms with E-state index in [1.54, 1.807) is 0 Å². The number of amides is 1. The Morgan fingerprint density at radius 1 is 1.22 bits per heavy atom. The van der Waals surface area contributed by atoms with Gasteiger partial charge in [0.05, 0.1) is 0 Å². The van der Waals surface area contributed by atoms with Crippen molar-refractivity contribution in [3.63, 3.8) is 0 Å². The molecular formula is C24H36BrNO. The molecule has 27 heavy (non-hydrogen) atoms. The number of fused-ring (bicyclic) bond motifs is 1. The third-order valence-electron chi connectivity index (χ3n) is 6.31. The molecule has 1 aromatic rings. The summed E-state index contributed by atoms with van der Waals surface area (Å²) in [6.07, 6.45) is 11.9. The molecule has 1 aromatic carbocycles. The van der Waals surface area contributed by atoms with Crippen LogP contribution >= 0.6 is 15.9 Å². The molecule has 1 aliphatic carbocycles. The van der Waals surface area contributed by atoms with Gasteiger partial charge in [0.15, 0.2) is 0 Å². The summed E-state index contributed by atoms with van der Waals surface area (Å²) in [5.41, 5.74) is 3.90. The van der Waals surface area contributed by atoms with E-state index in [1.165, 1.54) is 48.9 Å². The number of benzene rings is 1. The second kappa shape index (κ2) is 9.11. The summed E-state index contributed by atoms with van der Waals surface area (Å²) in [6.45, 7) is 7.58. The van der Waals surface area contributed by atoms with Crippen molar-refractivity contribution in [3.05, 3.63) is 29.3 Å². The van der Waals surface area contributed by atoms with E-state index in [1.807, 2.05) is 0 Å². The molecule has 1 heterocycles. The summed E-state index contributed by atoms with van der Waals surface area (Å²) < 4.78 is 0.113. The van der Waals surface area contributed by atoms with Gasteiger partial charge in [-0.15, -0.1) is 0 Å². The first-order chi connectivity index (χ1) is 12.9. The lowest BCUT2D eigenvalue weighted by molar-refractivity contribution is -0.123. The molecule has 3 rings (SSSR count). The van der Waals surface area contributed by atoms with E-state index in [-0.39, 0.29) is 10.2 Å². The fourth-order valence-electron chi connectivity index (χ4n) is 4.89. The van der Waals surface area contributed by atoms with Gasteiger partial charge in [-0.1, -0.05) is 54.2 Å². The zero-order valence-corrected chi connectivity index (χ0v) is 19.0. The number of anilines is 1. The summed E-state index contributed by atoms with van der Waals surface area (Å²) in [6, 6.07) is 6.75. The number of unbranched alkanes of at least 4 members (excludes halogenated alkanes) is 1. The lowest BCUT2D eigenvalue weighted by Gasteiger charge is -2.35. The molecule has 0 N–H and O–H groups in total. The van der Waals surface area contributed by atoms with E-state index in [4.69, 9.17) is 0 Å². The van der Waals surface area contributed by atoms with Crippen molar-refractivity contribution in [2.45, 2.75) is 89.3 Å². The fraction of sp³-hybridized carbons (Fsp3) is 0.708. The van der Waals surface area contributed by atoms with Crippen LogP contribution in [-0.4, -0.2) is 16.8 Å². The Morgan fingerprint density at radius 2 is 1.96 bits per heavy atom. The highest BCUT2D eigenvalue weighted by atomic mass is 79.9. The summed E-state index contributed by atoms with van der Waals surface area (Å²) >= 11 is 3.75. The summed E-state index contributed by atoms with van der Waals surface area (Å²) in [5, 5.41) is 0. The molecule has 1 fully saturated rings. The van der Waals surface area contributed by atoms with Crippen molar-refractivity contribution in [1.29, 1.82) is 0 Å². The number of hydrogen-bond donors (Lipinski definition) is 0. The van der Waals surface area contributed by atoms with E-state index in [9.17, 15) is 4.79 Å². The molecular weight excluding hydrogens is 398 g/mol. The van der Waals surface area contributed by atoms with Crippen molar-refractivity contribution in [3.8, 4) is 0 Å². The van der Waals surface area contributed by atoms with E-state index < -0.39 is 0 Å². The van der Waals surface area contributed by atoms with E-state index in [0.717, 1.165) is 44.6 Å². The minimum absolute atomic E-state index is 0.113. The highest BCUT2D eigenvalue weighted by molar-refractivity contribution is 9.10. The predicted molar refractivity (Wildman–Crippen MR) is 119 cm³/mol. The first kappa shape index (κ1) is 20.9. The predicted octanol–water partition coefficient (Wildman–Crippen LogP) is 6.68. The van der Waals surface area contributed by atoms with Crippen molar-refractivity contribution in [2.24, 2.45) is 11.8 Å². The molecule has 0 atom stereocenters. The monoisotopic (exact) mass is 433 g/mol. The summed E-state index contributed by atoms with van der Waals surface area (Å²) in [4.78, 5) is 15.4. The third kappa shape index (κ3) is 5.59. The third-order valence-corrected chi connectivity index (χ3v) is 6.60. The molecule has 1 aliphatic heterocycles. The number of carbonyl (C=O) groups is 1. The quantitative estimate of drug-likeness (QED) is 0.458. The van der Waals surface area contributed by atoms with E-state index >= 15 is 0 Å². The zero-order chi connectivity index (χ0) is 19.4. The Hall–Kier alpha value is -0.830. The lowest BCUT2D eigenvalue weighted by Crippen LogP contribution is -2.41. The van der Waals surface area contributed by atoms with Gasteiger partial charge in [-0.3, -0.25) is 4.79 Å². The Labute approximate surface area is 174 Å². The highest BCUT2D eigenvalue weighted by Gasteiger charge is 2.32. The SMILES string of the molecule is CCCCC1CCC(C(=O)N2CCCc3cc(CC(C)(C)Br)ccc32)CC1. The molecule has 0 aromatic heterocycles. The molecule has 2 aliphatic rings. The number of nitrogens with zero attached hydrogens (tertiary/aromatic N) is 1. The molecule has 2 nitrogen and oxygen atoms in total. The van der Waals surface area contributed by atoms with E-state index in [0.29, 0.717) is 5.91 Å². The number of carbonyl (C=O) groups excluding carboxylic acids is 1. The normalized spacial score (nSPS) is 23.2. The van der Waals surface area contributed by atoms with Gasteiger partial charge in [0.25, 0.3) is 0 Å². The van der Waals surface area contributed by atoms with Crippen molar-refractivity contribution in [2.75, 3.05) is 11.4 Å². The molecule has 0 unspecified atom stereocenters. The highest BCUT2D eigenvalue weighted by Crippen LogP contribution is 2.36. The van der Waals surface area contributed by atoms with Crippen LogP contribution in [0.15, 0.2) is 18.2 Å². The van der Waals surface area contributed by atoms with Crippen LogP contribution in [0.2, 0.25) is 0 Å². The Balaban J connectivity index is 1.66. The van der Waals surface area contributed by atoms with E-state index in [2.05, 4.69) is 59.8 Å². The number of halogens is 1. The topological polar surface area (TPSA) is 20.3 Å².